The second-order valence-electron chi connectivity index (χ2n) is 6.96. The number of rotatable bonds is 5. The van der Waals surface area contributed by atoms with Gasteiger partial charge in [-0.05, 0) is 36.4 Å². The fourth-order valence-electron chi connectivity index (χ4n) is 3.46. The lowest BCUT2D eigenvalue weighted by Crippen LogP contribution is -2.38. The summed E-state index contributed by atoms with van der Waals surface area (Å²) in [5, 5.41) is 3.34. The van der Waals surface area contributed by atoms with Crippen molar-refractivity contribution in [2.75, 3.05) is 11.4 Å². The number of carbonyl (C=O) groups is 2. The maximum atomic E-state index is 13.1. The van der Waals surface area contributed by atoms with E-state index >= 15 is 0 Å². The fourth-order valence-corrected chi connectivity index (χ4v) is 3.46. The zero-order valence-corrected chi connectivity index (χ0v) is 15.5. The molecule has 0 radical (unpaired) electrons. The Kier molecular flexibility index (Phi) is 5.07. The number of aryl methyl sites for hydroxylation is 1. The number of hydrogen-bond donors (Lipinski definition) is 1. The van der Waals surface area contributed by atoms with Crippen molar-refractivity contribution in [3.05, 3.63) is 71.0 Å². The first-order chi connectivity index (χ1) is 14.0. The minimum absolute atomic E-state index is 0.0984. The van der Waals surface area contributed by atoms with Gasteiger partial charge in [-0.25, -0.2) is 9.37 Å². The van der Waals surface area contributed by atoms with E-state index in [9.17, 15) is 18.8 Å². The Bertz CT molecular complexity index is 1130. The monoisotopic (exact) mass is 394 g/mol. The number of aromatic nitrogens is 2. The van der Waals surface area contributed by atoms with E-state index in [1.807, 2.05) is 6.07 Å². The van der Waals surface area contributed by atoms with Gasteiger partial charge in [-0.3, -0.25) is 19.0 Å². The molecule has 1 aromatic heterocycles. The Morgan fingerprint density at radius 1 is 1.14 bits per heavy atom. The van der Waals surface area contributed by atoms with Crippen LogP contribution in [0.25, 0.3) is 10.9 Å². The highest BCUT2D eigenvalue weighted by atomic mass is 19.1. The number of carbonyl (C=O) groups excluding carboxylic acids is 2. The van der Waals surface area contributed by atoms with Gasteiger partial charge in [0.2, 0.25) is 11.8 Å². The Balaban J connectivity index is 1.36. The minimum atomic E-state index is -0.372. The number of fused-ring (bicyclic) bond motifs is 1. The van der Waals surface area contributed by atoms with E-state index in [0.717, 1.165) is 0 Å². The molecule has 0 aliphatic carbocycles. The van der Waals surface area contributed by atoms with Crippen molar-refractivity contribution in [2.24, 2.45) is 0 Å². The van der Waals surface area contributed by atoms with Gasteiger partial charge in [-0.2, -0.15) is 0 Å². The van der Waals surface area contributed by atoms with Gasteiger partial charge in [-0.15, -0.1) is 0 Å². The van der Waals surface area contributed by atoms with Crippen LogP contribution in [0.3, 0.4) is 0 Å². The molecular formula is C21H19FN4O3. The Morgan fingerprint density at radius 3 is 2.69 bits per heavy atom. The Labute approximate surface area is 165 Å². The average molecular weight is 394 g/mol. The van der Waals surface area contributed by atoms with E-state index in [4.69, 9.17) is 0 Å². The second kappa shape index (κ2) is 7.83. The third-order valence-corrected chi connectivity index (χ3v) is 4.94. The molecule has 148 valence electrons. The summed E-state index contributed by atoms with van der Waals surface area (Å²) >= 11 is 0. The average Bonchev–Trinajstić information content (AvgIpc) is 3.08. The van der Waals surface area contributed by atoms with Crippen LogP contribution in [0.2, 0.25) is 0 Å². The summed E-state index contributed by atoms with van der Waals surface area (Å²) in [5.41, 5.74) is 1.02. The summed E-state index contributed by atoms with van der Waals surface area (Å²) in [4.78, 5) is 42.8. The lowest BCUT2D eigenvalue weighted by Gasteiger charge is -2.17. The largest absolute Gasteiger partial charge is 0.351 e. The molecule has 0 saturated carbocycles. The molecule has 3 aromatic rings. The van der Waals surface area contributed by atoms with Gasteiger partial charge in [-0.1, -0.05) is 12.1 Å². The quantitative estimate of drug-likeness (QED) is 0.716. The smallest absolute Gasteiger partial charge is 0.261 e. The third kappa shape index (κ3) is 4.01. The van der Waals surface area contributed by atoms with Crippen molar-refractivity contribution in [3.63, 3.8) is 0 Å². The molecule has 2 amide bonds. The van der Waals surface area contributed by atoms with Crippen molar-refractivity contribution in [3.8, 4) is 0 Å². The van der Waals surface area contributed by atoms with E-state index in [1.54, 1.807) is 18.2 Å². The van der Waals surface area contributed by atoms with Gasteiger partial charge >= 0.3 is 0 Å². The molecule has 7 nitrogen and oxygen atoms in total. The van der Waals surface area contributed by atoms with E-state index in [2.05, 4.69) is 10.3 Å². The predicted molar refractivity (Wildman–Crippen MR) is 106 cm³/mol. The normalized spacial score (nSPS) is 16.4. The molecule has 0 bridgehead atoms. The van der Waals surface area contributed by atoms with E-state index in [-0.39, 0.29) is 48.6 Å². The minimum Gasteiger partial charge on any atom is -0.351 e. The number of amides is 2. The van der Waals surface area contributed by atoms with Gasteiger partial charge in [0.15, 0.2) is 0 Å². The van der Waals surface area contributed by atoms with Crippen LogP contribution >= 0.6 is 0 Å². The molecule has 29 heavy (non-hydrogen) atoms. The summed E-state index contributed by atoms with van der Waals surface area (Å²) < 4.78 is 14.5. The first-order valence-corrected chi connectivity index (χ1v) is 9.31. The lowest BCUT2D eigenvalue weighted by molar-refractivity contribution is -0.122. The summed E-state index contributed by atoms with van der Waals surface area (Å²) in [5.74, 6) is -0.746. The molecule has 4 rings (SSSR count). The Hall–Kier alpha value is -3.55. The van der Waals surface area contributed by atoms with Gasteiger partial charge < -0.3 is 10.2 Å². The summed E-state index contributed by atoms with van der Waals surface area (Å²) in [6, 6.07) is 12.4. The number of hydrogen-bond acceptors (Lipinski definition) is 4. The first-order valence-electron chi connectivity index (χ1n) is 9.31. The van der Waals surface area contributed by atoms with Crippen LogP contribution in [-0.4, -0.2) is 34.0 Å². The number of nitrogens with one attached hydrogen (secondary N) is 1. The van der Waals surface area contributed by atoms with E-state index in [1.165, 1.54) is 40.1 Å². The number of para-hydroxylation sites is 1. The van der Waals surface area contributed by atoms with Crippen LogP contribution in [0.5, 0.6) is 0 Å². The molecule has 2 heterocycles. The highest BCUT2D eigenvalue weighted by Gasteiger charge is 2.31. The maximum Gasteiger partial charge on any atom is 0.261 e. The molecule has 0 spiro atoms. The third-order valence-electron chi connectivity index (χ3n) is 4.94. The number of halogens is 1. The van der Waals surface area contributed by atoms with Gasteiger partial charge in [0.1, 0.15) is 5.82 Å². The Morgan fingerprint density at radius 2 is 1.90 bits per heavy atom. The standard InChI is InChI=1S/C21H19FN4O3/c22-14-5-7-16(8-6-14)26-12-15(11-20(26)28)24-19(27)9-10-25-13-23-18-4-2-1-3-17(18)21(25)29/h1-8,13,15H,9-12H2,(H,24,27). The van der Waals surface area contributed by atoms with Gasteiger partial charge in [0.25, 0.3) is 5.56 Å². The van der Waals surface area contributed by atoms with Crippen LogP contribution in [-0.2, 0) is 16.1 Å². The van der Waals surface area contributed by atoms with E-state index < -0.39 is 0 Å². The molecule has 8 heteroatoms. The summed E-state index contributed by atoms with van der Waals surface area (Å²) in [6.07, 6.45) is 1.72. The van der Waals surface area contributed by atoms with Crippen LogP contribution in [0.4, 0.5) is 10.1 Å². The molecule has 1 N–H and O–H groups in total. The maximum absolute atomic E-state index is 13.1. The summed E-state index contributed by atoms with van der Waals surface area (Å²) in [6.45, 7) is 0.526. The van der Waals surface area contributed by atoms with Crippen molar-refractivity contribution < 1.29 is 14.0 Å². The summed E-state index contributed by atoms with van der Waals surface area (Å²) in [7, 11) is 0. The van der Waals surface area contributed by atoms with Gasteiger partial charge in [0.05, 0.1) is 23.3 Å². The van der Waals surface area contributed by atoms with Crippen LogP contribution in [0.1, 0.15) is 12.8 Å². The molecule has 2 aromatic carbocycles. The topological polar surface area (TPSA) is 84.3 Å². The van der Waals surface area contributed by atoms with Crippen molar-refractivity contribution in [1.82, 2.24) is 14.9 Å². The lowest BCUT2D eigenvalue weighted by atomic mass is 10.2. The highest BCUT2D eigenvalue weighted by molar-refractivity contribution is 5.96. The first kappa shape index (κ1) is 18.8. The second-order valence-corrected chi connectivity index (χ2v) is 6.96. The molecule has 1 atom stereocenters. The molecule has 1 aliphatic rings. The van der Waals surface area contributed by atoms with E-state index in [0.29, 0.717) is 23.1 Å². The molecule has 1 saturated heterocycles. The molecular weight excluding hydrogens is 375 g/mol. The van der Waals surface area contributed by atoms with Crippen LogP contribution in [0, 0.1) is 5.82 Å². The van der Waals surface area contributed by atoms with Crippen LogP contribution in [0.15, 0.2) is 59.7 Å². The van der Waals surface area contributed by atoms with Crippen molar-refractivity contribution in [2.45, 2.75) is 25.4 Å². The SMILES string of the molecule is O=C(CCn1cnc2ccccc2c1=O)NC1CC(=O)N(c2ccc(F)cc2)C1. The fraction of sp³-hybridized carbons (Fsp3) is 0.238. The van der Waals surface area contributed by atoms with Crippen molar-refractivity contribution in [1.29, 1.82) is 0 Å². The predicted octanol–water partition coefficient (Wildman–Crippen LogP) is 1.85. The zero-order valence-electron chi connectivity index (χ0n) is 15.5. The zero-order chi connectivity index (χ0) is 20.4. The number of benzene rings is 2. The number of nitrogens with zero attached hydrogens (tertiary/aromatic N) is 3. The molecule has 1 aliphatic heterocycles. The van der Waals surface area contributed by atoms with Crippen molar-refractivity contribution >= 4 is 28.4 Å². The number of anilines is 1. The molecule has 1 fully saturated rings. The van der Waals surface area contributed by atoms with Gasteiger partial charge in [0, 0.05) is 31.6 Å². The highest BCUT2D eigenvalue weighted by Crippen LogP contribution is 2.21. The molecule has 1 unspecified atom stereocenters. The van der Waals surface area contributed by atoms with Crippen LogP contribution < -0.4 is 15.8 Å².